The summed E-state index contributed by atoms with van der Waals surface area (Å²) in [5, 5.41) is 23.9. The highest BCUT2D eigenvalue weighted by Gasteiger charge is 2.36. The number of para-hydroxylation sites is 2. The predicted octanol–water partition coefficient (Wildman–Crippen LogP) is 21.9. The van der Waals surface area contributed by atoms with Gasteiger partial charge in [0.2, 0.25) is 0 Å². The van der Waals surface area contributed by atoms with Gasteiger partial charge in [0.25, 0.3) is 33.9 Å². The van der Waals surface area contributed by atoms with E-state index in [1.165, 1.54) is 21.6 Å². The van der Waals surface area contributed by atoms with E-state index in [-0.39, 0.29) is 38.9 Å². The predicted molar refractivity (Wildman–Crippen MR) is 566 cm³/mol. The van der Waals surface area contributed by atoms with Gasteiger partial charge < -0.3 is 0 Å². The van der Waals surface area contributed by atoms with Crippen molar-refractivity contribution < 1.29 is 40.6 Å². The molecule has 18 nitrogen and oxygen atoms in total. The van der Waals surface area contributed by atoms with Gasteiger partial charge in [-0.05, 0) is 203 Å². The van der Waals surface area contributed by atoms with Crippen molar-refractivity contribution in [3.8, 4) is 0 Å². The van der Waals surface area contributed by atoms with E-state index < -0.39 is 11.7 Å². The molecule has 0 N–H and O–H groups in total. The number of rotatable bonds is 0. The zero-order valence-corrected chi connectivity index (χ0v) is 80.7. The van der Waals surface area contributed by atoms with Crippen LogP contribution in [0.2, 0.25) is 5.02 Å². The van der Waals surface area contributed by atoms with Crippen LogP contribution in [0.25, 0.3) is 229 Å². The van der Waals surface area contributed by atoms with Crippen LogP contribution in [-0.4, -0.2) is 26.4 Å². The molecular formula is C117H78Br2ClF3N12O6+6. The molecule has 0 radical (unpaired) electrons. The van der Waals surface area contributed by atoms with Gasteiger partial charge in [-0.25, -0.2) is 56.2 Å². The fraction of sp³-hybridized carbons (Fsp3) is 0.0769. The van der Waals surface area contributed by atoms with Gasteiger partial charge in [0, 0.05) is 70.6 Å². The van der Waals surface area contributed by atoms with Crippen LogP contribution in [0.5, 0.6) is 0 Å². The average molecular weight is 2000 g/mol. The highest BCUT2D eigenvalue weighted by Crippen LogP contribution is 2.39. The van der Waals surface area contributed by atoms with Crippen LogP contribution < -0.4 is 60.8 Å². The summed E-state index contributed by atoms with van der Waals surface area (Å²) in [6.45, 7) is 4.21. The number of aromatic nitrogens is 12. The van der Waals surface area contributed by atoms with Crippen LogP contribution in [0, 0.1) is 13.8 Å². The van der Waals surface area contributed by atoms with E-state index >= 15 is 0 Å². The summed E-state index contributed by atoms with van der Waals surface area (Å²) in [4.78, 5) is 78.9. The molecular weight excluding hydrogens is 1920 g/mol. The third-order valence-corrected chi connectivity index (χ3v) is 30.1. The zero-order valence-electron chi connectivity index (χ0n) is 76.8. The van der Waals surface area contributed by atoms with Crippen LogP contribution in [0.15, 0.2) is 365 Å². The van der Waals surface area contributed by atoms with E-state index in [0.717, 1.165) is 228 Å². The van der Waals surface area contributed by atoms with Crippen molar-refractivity contribution in [2.24, 2.45) is 42.3 Å². The number of imidazole rings is 6. The number of benzene rings is 18. The maximum absolute atomic E-state index is 13.3. The van der Waals surface area contributed by atoms with Crippen LogP contribution in [0.1, 0.15) is 16.7 Å². The molecule has 12 aromatic heterocycles. The van der Waals surface area contributed by atoms with Gasteiger partial charge in [-0.2, -0.15) is 39.6 Å². The maximum atomic E-state index is 13.3. The molecule has 678 valence electrons. The van der Waals surface area contributed by atoms with Gasteiger partial charge in [-0.1, -0.05) is 201 Å². The lowest BCUT2D eigenvalue weighted by molar-refractivity contribution is -0.617. The Kier molecular flexibility index (Phi) is 19.4. The highest BCUT2D eigenvalue weighted by atomic mass is 79.9. The summed E-state index contributed by atoms with van der Waals surface area (Å²) >= 11 is 13.2. The van der Waals surface area contributed by atoms with Crippen molar-refractivity contribution in [2.75, 3.05) is 0 Å². The minimum absolute atomic E-state index is 0.0113. The molecule has 0 unspecified atom stereocenters. The first kappa shape index (κ1) is 86.0. The van der Waals surface area contributed by atoms with E-state index in [9.17, 15) is 41.9 Å². The van der Waals surface area contributed by atoms with Gasteiger partial charge >= 0.3 is 39.5 Å². The molecule has 30 rings (SSSR count). The largest absolute Gasteiger partial charge is 0.416 e. The fourth-order valence-corrected chi connectivity index (χ4v) is 23.3. The number of hydrogen-bond acceptors (Lipinski definition) is 6. The molecule has 0 fully saturated rings. The molecule has 0 bridgehead atoms. The quantitative estimate of drug-likeness (QED) is 0.138. The molecule has 0 aliphatic carbocycles. The van der Waals surface area contributed by atoms with Gasteiger partial charge in [0.15, 0.2) is 66.2 Å². The van der Waals surface area contributed by atoms with Crippen molar-refractivity contribution in [3.05, 3.63) is 420 Å². The van der Waals surface area contributed by atoms with Crippen molar-refractivity contribution in [1.29, 1.82) is 0 Å². The van der Waals surface area contributed by atoms with Gasteiger partial charge in [-0.15, -0.1) is 0 Å². The standard InChI is InChI=1S/C21H17N2O.C20H12F3N2O.2C19H12BrN2O.C19H12ClN2O.C19H13N2O/c1-12-10-17-18(11-13(12)2)23-20(22(17)3)15-8-4-6-14-7-5-9-16(19(14)15)21(23)24;1-24-15-9-8-12(20(21,22)23)10-16(15)25-18(24)13-6-2-4-11-5-3-7-14(17(11)13)19(25)26;1-21-16-10-12(20)8-9-15(16)22-18(21)13-6-2-4-11-5-3-7-14(17(11)13)19(22)23;1-21-15-9-8-12(20)10-16(15)22-18(21)13-6-2-4-11-5-3-7-14(17(11)13)19(22)23;1-21-16-10-12(20)8-9-15(16)22-18(21)13-6-2-4-11-5-3-7-14(17(11)13)19(22)23;1-20-15-10-2-3-11-16(15)21-18(20)13-8-4-6-12-7-5-9-14(17(12)13)19(21)22/h4-11H,1-3H3;2-10H,1H3;3*2-10H,1H3;2-11H,1H3/q6*+1. The second kappa shape index (κ2) is 31.7. The smallest absolute Gasteiger partial charge is 0.240 e. The summed E-state index contributed by atoms with van der Waals surface area (Å²) in [5.74, 6) is 0. The Balaban J connectivity index is 0.0000000892. The fourth-order valence-electron chi connectivity index (χ4n) is 22.5. The van der Waals surface area contributed by atoms with Gasteiger partial charge in [-0.3, -0.25) is 0 Å². The van der Waals surface area contributed by atoms with Crippen LogP contribution >= 0.6 is 43.5 Å². The first-order chi connectivity index (χ1) is 68.2. The van der Waals surface area contributed by atoms with Gasteiger partial charge in [0.05, 0.1) is 112 Å². The van der Waals surface area contributed by atoms with E-state index in [1.807, 2.05) is 227 Å². The topological polar surface area (TPSA) is 152 Å². The van der Waals surface area contributed by atoms with E-state index in [4.69, 9.17) is 11.6 Å². The minimum Gasteiger partial charge on any atom is -0.240 e. The Morgan fingerprint density at radius 3 is 0.816 bits per heavy atom. The van der Waals surface area contributed by atoms with Crippen molar-refractivity contribution in [1.82, 2.24) is 26.4 Å². The molecule has 0 aliphatic rings. The number of alkyl halides is 3. The highest BCUT2D eigenvalue weighted by molar-refractivity contribution is 9.10. The van der Waals surface area contributed by atoms with Crippen molar-refractivity contribution in [3.63, 3.8) is 0 Å². The van der Waals surface area contributed by atoms with Crippen LogP contribution in [0.3, 0.4) is 0 Å². The number of pyridine rings is 6. The Morgan fingerprint density at radius 1 is 0.234 bits per heavy atom. The van der Waals surface area contributed by atoms with Crippen molar-refractivity contribution >= 4 is 273 Å². The Morgan fingerprint density at radius 2 is 0.475 bits per heavy atom. The summed E-state index contributed by atoms with van der Waals surface area (Å²) < 4.78 is 64.3. The average Bonchev–Trinajstić information content (AvgIpc) is 1.58. The zero-order chi connectivity index (χ0) is 96.8. The summed E-state index contributed by atoms with van der Waals surface area (Å²) in [7, 11) is 11.8. The number of hydrogen-bond donors (Lipinski definition) is 0. The number of aryl methyl sites for hydroxylation is 8. The molecule has 0 amide bonds. The summed E-state index contributed by atoms with van der Waals surface area (Å²) in [6.07, 6.45) is -4.47. The number of fused-ring (bicyclic) bond motifs is 24. The van der Waals surface area contributed by atoms with Crippen LogP contribution in [0.4, 0.5) is 13.2 Å². The normalized spacial score (nSPS) is 12.2. The Labute approximate surface area is 816 Å². The lowest BCUT2D eigenvalue weighted by Gasteiger charge is -2.05. The molecule has 30 aromatic rings. The second-order valence-electron chi connectivity index (χ2n) is 36.4. The number of nitrogens with zero attached hydrogens (tertiary/aromatic N) is 12. The van der Waals surface area contributed by atoms with Crippen molar-refractivity contribution in [2.45, 2.75) is 20.0 Å². The number of halogens is 6. The third-order valence-electron chi connectivity index (χ3n) is 28.9. The maximum Gasteiger partial charge on any atom is 0.416 e. The molecule has 24 heteroatoms. The molecule has 0 saturated carbocycles. The molecule has 0 saturated heterocycles. The third kappa shape index (κ3) is 12.6. The van der Waals surface area contributed by atoms with Crippen LogP contribution in [-0.2, 0) is 48.5 Å². The van der Waals surface area contributed by atoms with Gasteiger partial charge in [0.1, 0.15) is 0 Å². The molecule has 0 atom stereocenters. The summed E-state index contributed by atoms with van der Waals surface area (Å²) in [5.41, 5.74) is 17.5. The molecule has 0 spiro atoms. The van der Waals surface area contributed by atoms with E-state index in [2.05, 4.69) is 191 Å². The lowest BCUT2D eigenvalue weighted by atomic mass is 10.0. The monoisotopic (exact) mass is 2000 g/mol. The minimum atomic E-state index is -4.47. The van der Waals surface area contributed by atoms with E-state index in [0.29, 0.717) is 21.6 Å². The Bertz CT molecular complexity index is 10800. The molecule has 18 aromatic carbocycles. The molecule has 12 heterocycles. The molecule has 0 aliphatic heterocycles. The lowest BCUT2D eigenvalue weighted by Crippen LogP contribution is -2.29. The SMILES string of the molecule is C[n+]1c2cc(Br)ccc2n2c(=O)c3cccc4cccc(c43)c21.C[n+]1c2cc(Cl)ccc2n2c(=O)c3cccc4cccc(c43)c21.C[n+]1c2ccc(Br)cc2n2c(=O)c3cccc4cccc(c43)c21.C[n+]1c2ccc(C(F)(F)F)cc2n2c(=O)c3cccc4cccc(c43)c21.C[n+]1c2ccccc2n2c(=O)c3cccc4cccc(c43)c21.Cc1cc2c(cc1C)[n+](C)c1c3cccc4cccc(c(=O)n21)c43. The molecule has 141 heavy (non-hydrogen) atoms. The van der Waals surface area contributed by atoms with E-state index in [1.54, 1.807) is 28.1 Å². The second-order valence-corrected chi connectivity index (χ2v) is 38.7. The first-order valence-electron chi connectivity index (χ1n) is 45.9. The first-order valence-corrected chi connectivity index (χ1v) is 47.8. The Hall–Kier alpha value is -16.6. The summed E-state index contributed by atoms with van der Waals surface area (Å²) in [6, 6.07) is 105.